The van der Waals surface area contributed by atoms with Crippen molar-refractivity contribution in [2.24, 2.45) is 23.2 Å². The third-order valence-electron chi connectivity index (χ3n) is 6.53. The predicted molar refractivity (Wildman–Crippen MR) is 99.9 cm³/mol. The maximum atomic E-state index is 12.9. The lowest BCUT2D eigenvalue weighted by atomic mass is 9.49. The summed E-state index contributed by atoms with van der Waals surface area (Å²) in [6, 6.07) is 7.24. The summed E-state index contributed by atoms with van der Waals surface area (Å²) in [5.74, 6) is 3.13. The molecule has 0 aromatic heterocycles. The van der Waals surface area contributed by atoms with Crippen molar-refractivity contribution in [1.29, 1.82) is 0 Å². The highest BCUT2D eigenvalue weighted by molar-refractivity contribution is 5.91. The Kier molecular flexibility index (Phi) is 4.63. The minimum Gasteiger partial charge on any atom is -0.497 e. The summed E-state index contributed by atoms with van der Waals surface area (Å²) in [6.07, 6.45) is 7.46. The van der Waals surface area contributed by atoms with E-state index < -0.39 is 0 Å². The van der Waals surface area contributed by atoms with E-state index in [9.17, 15) is 9.59 Å². The van der Waals surface area contributed by atoms with Crippen LogP contribution in [0.4, 0.5) is 5.69 Å². The van der Waals surface area contributed by atoms with E-state index >= 15 is 0 Å². The lowest BCUT2D eigenvalue weighted by molar-refractivity contribution is -0.146. The molecule has 0 aliphatic heterocycles. The van der Waals surface area contributed by atoms with Crippen LogP contribution in [0.5, 0.6) is 5.75 Å². The van der Waals surface area contributed by atoms with Gasteiger partial charge in [0.05, 0.1) is 7.11 Å². The van der Waals surface area contributed by atoms with E-state index in [-0.39, 0.29) is 17.2 Å². The fourth-order valence-electron chi connectivity index (χ4n) is 5.76. The number of hydrogen-bond acceptors (Lipinski definition) is 3. The minimum atomic E-state index is -0.138. The van der Waals surface area contributed by atoms with Gasteiger partial charge in [0.1, 0.15) is 5.75 Å². The second-order valence-electron chi connectivity index (χ2n) is 8.48. The highest BCUT2D eigenvalue weighted by Crippen LogP contribution is 2.60. The lowest BCUT2D eigenvalue weighted by Gasteiger charge is -2.55. The third kappa shape index (κ3) is 3.44. The molecular formula is C21H28N2O3. The van der Waals surface area contributed by atoms with E-state index in [0.717, 1.165) is 48.5 Å². The molecule has 0 atom stereocenters. The first-order valence-electron chi connectivity index (χ1n) is 9.78. The smallest absolute Gasteiger partial charge is 0.226 e. The SMILES string of the molecule is COc1ccc(NC(=O)CCNC(=O)C23CC4CC(CC(C4)C2)C3)cc1. The van der Waals surface area contributed by atoms with Crippen LogP contribution < -0.4 is 15.4 Å². The summed E-state index contributed by atoms with van der Waals surface area (Å²) in [5.41, 5.74) is 0.601. The van der Waals surface area contributed by atoms with Gasteiger partial charge in [0, 0.05) is 24.1 Å². The van der Waals surface area contributed by atoms with Crippen LogP contribution in [-0.2, 0) is 9.59 Å². The van der Waals surface area contributed by atoms with Gasteiger partial charge in [0.25, 0.3) is 0 Å². The standard InChI is InChI=1S/C21H28N2O3/c1-26-18-4-2-17(3-5-18)23-19(24)6-7-22-20(25)21-11-14-8-15(12-21)10-16(9-14)13-21/h2-5,14-16H,6-13H2,1H3,(H,22,25)(H,23,24). The van der Waals surface area contributed by atoms with Crippen molar-refractivity contribution in [2.45, 2.75) is 44.9 Å². The van der Waals surface area contributed by atoms with E-state index in [0.29, 0.717) is 13.0 Å². The van der Waals surface area contributed by atoms with Crippen molar-refractivity contribution in [3.05, 3.63) is 24.3 Å². The minimum absolute atomic E-state index is 0.0824. The zero-order valence-corrected chi connectivity index (χ0v) is 15.4. The van der Waals surface area contributed by atoms with E-state index in [2.05, 4.69) is 10.6 Å². The first-order chi connectivity index (χ1) is 12.6. The Morgan fingerprint density at radius 3 is 2.15 bits per heavy atom. The van der Waals surface area contributed by atoms with Gasteiger partial charge in [-0.2, -0.15) is 0 Å². The quantitative estimate of drug-likeness (QED) is 0.821. The summed E-state index contributed by atoms with van der Waals surface area (Å²) in [7, 11) is 1.61. The second kappa shape index (κ2) is 6.93. The van der Waals surface area contributed by atoms with Gasteiger partial charge in [-0.1, -0.05) is 0 Å². The zero-order valence-electron chi connectivity index (χ0n) is 15.4. The zero-order chi connectivity index (χ0) is 18.1. The van der Waals surface area contributed by atoms with Crippen LogP contribution >= 0.6 is 0 Å². The van der Waals surface area contributed by atoms with Crippen LogP contribution in [0.2, 0.25) is 0 Å². The molecule has 1 aromatic rings. The molecule has 4 aliphatic rings. The molecule has 26 heavy (non-hydrogen) atoms. The molecule has 4 bridgehead atoms. The Hall–Kier alpha value is -2.04. The van der Waals surface area contributed by atoms with E-state index in [1.54, 1.807) is 7.11 Å². The highest BCUT2D eigenvalue weighted by atomic mass is 16.5. The van der Waals surface area contributed by atoms with Gasteiger partial charge >= 0.3 is 0 Å². The molecule has 4 saturated carbocycles. The largest absolute Gasteiger partial charge is 0.497 e. The second-order valence-corrected chi connectivity index (χ2v) is 8.48. The summed E-state index contributed by atoms with van der Waals surface area (Å²) >= 11 is 0. The van der Waals surface area contributed by atoms with Crippen LogP contribution in [0, 0.1) is 23.2 Å². The lowest BCUT2D eigenvalue weighted by Crippen LogP contribution is -2.53. The van der Waals surface area contributed by atoms with E-state index in [1.807, 2.05) is 24.3 Å². The predicted octanol–water partition coefficient (Wildman–Crippen LogP) is 3.36. The van der Waals surface area contributed by atoms with E-state index in [4.69, 9.17) is 4.74 Å². The number of nitrogens with one attached hydrogen (secondary N) is 2. The van der Waals surface area contributed by atoms with Crippen molar-refractivity contribution < 1.29 is 14.3 Å². The molecule has 0 spiro atoms. The Morgan fingerprint density at radius 2 is 1.62 bits per heavy atom. The number of amides is 2. The van der Waals surface area contributed by atoms with Gasteiger partial charge in [0.15, 0.2) is 0 Å². The van der Waals surface area contributed by atoms with Crippen molar-refractivity contribution in [1.82, 2.24) is 5.32 Å². The molecule has 4 aliphatic carbocycles. The van der Waals surface area contributed by atoms with Gasteiger partial charge in [-0.15, -0.1) is 0 Å². The molecule has 5 nitrogen and oxygen atoms in total. The monoisotopic (exact) mass is 356 g/mol. The number of hydrogen-bond donors (Lipinski definition) is 2. The number of ether oxygens (including phenoxy) is 1. The number of methoxy groups -OCH3 is 1. The maximum Gasteiger partial charge on any atom is 0.226 e. The number of carbonyl (C=O) groups excluding carboxylic acids is 2. The molecule has 2 N–H and O–H groups in total. The molecule has 0 saturated heterocycles. The van der Waals surface area contributed by atoms with Crippen LogP contribution in [0.15, 0.2) is 24.3 Å². The van der Waals surface area contributed by atoms with Crippen LogP contribution in [0.25, 0.3) is 0 Å². The summed E-state index contributed by atoms with van der Waals surface area (Å²) in [5, 5.41) is 5.91. The number of carbonyl (C=O) groups is 2. The van der Waals surface area contributed by atoms with Crippen LogP contribution in [-0.4, -0.2) is 25.5 Å². The molecule has 5 heteroatoms. The first-order valence-corrected chi connectivity index (χ1v) is 9.78. The first kappa shape index (κ1) is 17.4. The van der Waals surface area contributed by atoms with Gasteiger partial charge in [-0.05, 0) is 80.5 Å². The Morgan fingerprint density at radius 1 is 1.04 bits per heavy atom. The van der Waals surface area contributed by atoms with Gasteiger partial charge in [-0.3, -0.25) is 9.59 Å². The molecule has 140 valence electrons. The highest BCUT2D eigenvalue weighted by Gasteiger charge is 2.54. The average Bonchev–Trinajstić information content (AvgIpc) is 2.61. The fourth-order valence-corrected chi connectivity index (χ4v) is 5.76. The van der Waals surface area contributed by atoms with Crippen LogP contribution in [0.1, 0.15) is 44.9 Å². The summed E-state index contributed by atoms with van der Waals surface area (Å²) in [6.45, 7) is 0.405. The van der Waals surface area contributed by atoms with Gasteiger partial charge in [-0.25, -0.2) is 0 Å². The van der Waals surface area contributed by atoms with Gasteiger partial charge < -0.3 is 15.4 Å². The molecule has 4 fully saturated rings. The summed E-state index contributed by atoms with van der Waals surface area (Å²) in [4.78, 5) is 25.0. The number of rotatable bonds is 6. The Balaban J connectivity index is 1.25. The van der Waals surface area contributed by atoms with Crippen LogP contribution in [0.3, 0.4) is 0 Å². The molecule has 1 aromatic carbocycles. The van der Waals surface area contributed by atoms with Crippen molar-refractivity contribution in [3.63, 3.8) is 0 Å². The molecule has 0 radical (unpaired) electrons. The third-order valence-corrected chi connectivity index (χ3v) is 6.53. The summed E-state index contributed by atoms with van der Waals surface area (Å²) < 4.78 is 5.11. The number of benzene rings is 1. The molecule has 0 unspecified atom stereocenters. The maximum absolute atomic E-state index is 12.9. The molecular weight excluding hydrogens is 328 g/mol. The average molecular weight is 356 g/mol. The molecule has 0 heterocycles. The van der Waals surface area contributed by atoms with E-state index in [1.165, 1.54) is 19.3 Å². The van der Waals surface area contributed by atoms with Crippen molar-refractivity contribution >= 4 is 17.5 Å². The van der Waals surface area contributed by atoms with Crippen molar-refractivity contribution in [3.8, 4) is 5.75 Å². The Labute approximate surface area is 154 Å². The topological polar surface area (TPSA) is 67.4 Å². The number of anilines is 1. The normalized spacial score (nSPS) is 31.5. The van der Waals surface area contributed by atoms with Crippen molar-refractivity contribution in [2.75, 3.05) is 19.0 Å². The molecule has 5 rings (SSSR count). The molecule has 2 amide bonds. The van der Waals surface area contributed by atoms with Gasteiger partial charge in [0.2, 0.25) is 11.8 Å². The Bertz CT molecular complexity index is 648. The fraction of sp³-hybridized carbons (Fsp3) is 0.619.